The van der Waals surface area contributed by atoms with Gasteiger partial charge >= 0.3 is 0 Å². The van der Waals surface area contributed by atoms with E-state index in [0.717, 1.165) is 36.2 Å². The third-order valence-corrected chi connectivity index (χ3v) is 7.41. The third kappa shape index (κ3) is 6.20. The highest BCUT2D eigenvalue weighted by Crippen LogP contribution is 2.44. The molecule has 0 radical (unpaired) electrons. The minimum absolute atomic E-state index is 0.680. The molecule has 2 aliphatic rings. The van der Waals surface area contributed by atoms with Crippen LogP contribution >= 0.6 is 0 Å². The van der Waals surface area contributed by atoms with Crippen LogP contribution in [0.1, 0.15) is 101 Å². The van der Waals surface area contributed by atoms with E-state index in [1.165, 1.54) is 76.2 Å². The molecule has 0 unspecified atom stereocenters. The van der Waals surface area contributed by atoms with E-state index in [1.54, 1.807) is 6.08 Å². The maximum absolute atomic E-state index is 11.9. The molecule has 0 bridgehead atoms. The number of halogens is 1. The Morgan fingerprint density at radius 3 is 2.11 bits per heavy atom. The molecule has 2 saturated carbocycles. The summed E-state index contributed by atoms with van der Waals surface area (Å²) in [5.74, 6) is 3.56. The van der Waals surface area contributed by atoms with Gasteiger partial charge in [-0.25, -0.2) is 4.39 Å². The zero-order valence-corrected chi connectivity index (χ0v) is 17.3. The Labute approximate surface area is 171 Å². The molecule has 0 saturated heterocycles. The third-order valence-electron chi connectivity index (χ3n) is 7.41. The fraction of sp³-hybridized carbons (Fsp3) is 0.654. The van der Waals surface area contributed by atoms with Gasteiger partial charge in [0, 0.05) is 0 Å². The van der Waals surface area contributed by atoms with E-state index >= 15 is 0 Å². The molecule has 3 rings (SSSR count). The lowest BCUT2D eigenvalue weighted by molar-refractivity contribution is 0.155. The van der Waals surface area contributed by atoms with Gasteiger partial charge in [-0.3, -0.25) is 0 Å². The molecular formula is C26H36FN. The first-order valence-electron chi connectivity index (χ1n) is 11.6. The van der Waals surface area contributed by atoms with Crippen LogP contribution in [-0.2, 0) is 0 Å². The van der Waals surface area contributed by atoms with Crippen LogP contribution in [0.15, 0.2) is 36.7 Å². The highest BCUT2D eigenvalue weighted by molar-refractivity contribution is 5.33. The van der Waals surface area contributed by atoms with Crippen LogP contribution < -0.4 is 0 Å². The van der Waals surface area contributed by atoms with E-state index in [0.29, 0.717) is 12.2 Å². The van der Waals surface area contributed by atoms with E-state index in [2.05, 4.69) is 18.2 Å². The average Bonchev–Trinajstić information content (AvgIpc) is 2.77. The van der Waals surface area contributed by atoms with Crippen molar-refractivity contribution < 1.29 is 4.39 Å². The van der Waals surface area contributed by atoms with Gasteiger partial charge in [0.25, 0.3) is 0 Å². The highest BCUT2D eigenvalue weighted by atomic mass is 19.1. The molecule has 152 valence electrons. The van der Waals surface area contributed by atoms with E-state index in [4.69, 9.17) is 5.26 Å². The lowest BCUT2D eigenvalue weighted by Crippen LogP contribution is -2.25. The summed E-state index contributed by atoms with van der Waals surface area (Å²) >= 11 is 0. The summed E-state index contributed by atoms with van der Waals surface area (Å²) in [6, 6.07) is 10.5. The van der Waals surface area contributed by atoms with Crippen LogP contribution in [0.5, 0.6) is 0 Å². The lowest BCUT2D eigenvalue weighted by atomic mass is 9.68. The largest absolute Gasteiger partial charge is 0.216 e. The van der Waals surface area contributed by atoms with Gasteiger partial charge in [-0.15, -0.1) is 0 Å². The van der Waals surface area contributed by atoms with Crippen LogP contribution in [0.3, 0.4) is 0 Å². The summed E-state index contributed by atoms with van der Waals surface area (Å²) < 4.78 is 11.9. The Kier molecular flexibility index (Phi) is 8.59. The van der Waals surface area contributed by atoms with E-state index in [9.17, 15) is 4.39 Å². The Bertz CT molecular complexity index is 625. The van der Waals surface area contributed by atoms with Crippen molar-refractivity contribution in [2.45, 2.75) is 89.4 Å². The van der Waals surface area contributed by atoms with Gasteiger partial charge < -0.3 is 0 Å². The first-order valence-corrected chi connectivity index (χ1v) is 11.6. The molecule has 2 fully saturated rings. The lowest BCUT2D eigenvalue weighted by Gasteiger charge is -2.38. The second-order valence-corrected chi connectivity index (χ2v) is 9.13. The number of nitrogens with zero attached hydrogens (tertiary/aromatic N) is 1. The SMILES string of the molecule is N#Cc1ccc(C2CCC([C@H]3CC[C@H](CCCCC/C=C/F)CC3)CC2)cc1. The molecule has 0 N–H and O–H groups in total. The van der Waals surface area contributed by atoms with Crippen LogP contribution in [0, 0.1) is 29.1 Å². The van der Waals surface area contributed by atoms with Crippen LogP contribution in [0.4, 0.5) is 4.39 Å². The summed E-state index contributed by atoms with van der Waals surface area (Å²) in [6.45, 7) is 0. The van der Waals surface area contributed by atoms with Crippen molar-refractivity contribution in [2.75, 3.05) is 0 Å². The fourth-order valence-electron chi connectivity index (χ4n) is 5.64. The predicted molar refractivity (Wildman–Crippen MR) is 115 cm³/mol. The number of allylic oxidation sites excluding steroid dienone is 1. The summed E-state index contributed by atoms with van der Waals surface area (Å²) in [5, 5.41) is 8.96. The molecule has 1 nitrogen and oxygen atoms in total. The minimum Gasteiger partial charge on any atom is -0.216 e. The van der Waals surface area contributed by atoms with Gasteiger partial charge in [0.05, 0.1) is 18.0 Å². The number of benzene rings is 1. The van der Waals surface area contributed by atoms with E-state index in [1.807, 2.05) is 12.1 Å². The van der Waals surface area contributed by atoms with Crippen LogP contribution in [0.25, 0.3) is 0 Å². The maximum atomic E-state index is 11.9. The Morgan fingerprint density at radius 1 is 0.857 bits per heavy atom. The smallest absolute Gasteiger partial charge is 0.0991 e. The molecule has 1 aromatic rings. The molecule has 1 aromatic carbocycles. The first kappa shape index (κ1) is 21.1. The summed E-state index contributed by atoms with van der Waals surface area (Å²) in [5.41, 5.74) is 2.20. The molecule has 2 heteroatoms. The number of hydrogen-bond donors (Lipinski definition) is 0. The number of nitriles is 1. The van der Waals surface area contributed by atoms with Gasteiger partial charge in [0.1, 0.15) is 0 Å². The second-order valence-electron chi connectivity index (χ2n) is 9.13. The van der Waals surface area contributed by atoms with Gasteiger partial charge in [-0.2, -0.15) is 5.26 Å². The topological polar surface area (TPSA) is 23.8 Å². The van der Waals surface area contributed by atoms with Gasteiger partial charge in [0.15, 0.2) is 0 Å². The Morgan fingerprint density at radius 2 is 1.50 bits per heavy atom. The molecule has 0 atom stereocenters. The van der Waals surface area contributed by atoms with Crippen LogP contribution in [0.2, 0.25) is 0 Å². The maximum Gasteiger partial charge on any atom is 0.0991 e. The molecule has 0 aromatic heterocycles. The highest BCUT2D eigenvalue weighted by Gasteiger charge is 2.31. The fourth-order valence-corrected chi connectivity index (χ4v) is 5.64. The number of unbranched alkanes of at least 4 members (excludes halogenated alkanes) is 3. The zero-order valence-electron chi connectivity index (χ0n) is 17.3. The molecule has 0 aliphatic heterocycles. The van der Waals surface area contributed by atoms with Crippen molar-refractivity contribution >= 4 is 0 Å². The molecule has 0 heterocycles. The van der Waals surface area contributed by atoms with Crippen molar-refractivity contribution in [3.63, 3.8) is 0 Å². The van der Waals surface area contributed by atoms with Crippen molar-refractivity contribution in [2.24, 2.45) is 17.8 Å². The molecule has 2 aliphatic carbocycles. The van der Waals surface area contributed by atoms with Crippen molar-refractivity contribution in [1.29, 1.82) is 5.26 Å². The predicted octanol–water partition coefficient (Wildman–Crippen LogP) is 8.07. The van der Waals surface area contributed by atoms with E-state index in [-0.39, 0.29) is 0 Å². The molecule has 28 heavy (non-hydrogen) atoms. The van der Waals surface area contributed by atoms with Crippen LogP contribution in [-0.4, -0.2) is 0 Å². The quantitative estimate of drug-likeness (QED) is 0.418. The van der Waals surface area contributed by atoms with Crippen molar-refractivity contribution in [1.82, 2.24) is 0 Å². The van der Waals surface area contributed by atoms with Gasteiger partial charge in [-0.1, -0.05) is 50.3 Å². The summed E-state index contributed by atoms with van der Waals surface area (Å²) in [4.78, 5) is 0. The Balaban J connectivity index is 1.33. The molecular weight excluding hydrogens is 345 g/mol. The molecule has 0 amide bonds. The normalized spacial score (nSPS) is 28.3. The average molecular weight is 382 g/mol. The summed E-state index contributed by atoms with van der Waals surface area (Å²) in [6.07, 6.45) is 19.5. The standard InChI is InChI=1S/C26H36FN/c27-19-5-3-1-2-4-6-21-7-11-23(12-8-21)25-15-17-26(18-16-25)24-13-9-22(20-28)10-14-24/h5,9-10,13-14,19,21,23,25-26H,1-4,6-8,11-12,15-18H2/b19-5+/t21-,23-,25?,26?. The van der Waals surface area contributed by atoms with Gasteiger partial charge in [-0.05, 0) is 92.7 Å². The van der Waals surface area contributed by atoms with Crippen molar-refractivity contribution in [3.8, 4) is 6.07 Å². The number of hydrogen-bond acceptors (Lipinski definition) is 1. The van der Waals surface area contributed by atoms with E-state index < -0.39 is 0 Å². The Hall–Kier alpha value is -1.62. The van der Waals surface area contributed by atoms with Gasteiger partial charge in [0.2, 0.25) is 0 Å². The summed E-state index contributed by atoms with van der Waals surface area (Å²) in [7, 11) is 0. The second kappa shape index (κ2) is 11.4. The minimum atomic E-state index is 0.680. The zero-order chi connectivity index (χ0) is 19.6. The molecule has 0 spiro atoms. The first-order chi connectivity index (χ1) is 13.8. The monoisotopic (exact) mass is 381 g/mol. The number of rotatable bonds is 8. The van der Waals surface area contributed by atoms with Crippen molar-refractivity contribution in [3.05, 3.63) is 47.8 Å².